The van der Waals surface area contributed by atoms with Crippen molar-refractivity contribution in [1.29, 1.82) is 0 Å². The van der Waals surface area contributed by atoms with E-state index in [0.717, 1.165) is 66.5 Å². The molecule has 2 aromatic heterocycles. The second-order valence-electron chi connectivity index (χ2n) is 7.20. The van der Waals surface area contributed by atoms with Crippen molar-refractivity contribution in [3.05, 3.63) is 71.3 Å². The van der Waals surface area contributed by atoms with Gasteiger partial charge in [0.15, 0.2) is 5.16 Å². The molecule has 3 aromatic rings. The Morgan fingerprint density at radius 3 is 2.68 bits per heavy atom. The number of hydrogen-bond acceptors (Lipinski definition) is 7. The number of carbonyl (C=O) groups excluding carboxylic acids is 1. The second kappa shape index (κ2) is 10.5. The highest BCUT2D eigenvalue weighted by atomic mass is 32.2. The normalized spacial score (nSPS) is 13.9. The van der Waals surface area contributed by atoms with Crippen LogP contribution in [-0.2, 0) is 23.5 Å². The largest absolute Gasteiger partial charge is 0.467 e. The van der Waals surface area contributed by atoms with Crippen molar-refractivity contribution >= 4 is 23.5 Å². The van der Waals surface area contributed by atoms with Gasteiger partial charge in [0.1, 0.15) is 11.6 Å². The second-order valence-corrected chi connectivity index (χ2v) is 8.14. The van der Waals surface area contributed by atoms with Crippen LogP contribution in [0.5, 0.6) is 0 Å². The van der Waals surface area contributed by atoms with Crippen LogP contribution in [0.4, 0.5) is 5.82 Å². The van der Waals surface area contributed by atoms with Gasteiger partial charge in [-0.3, -0.25) is 4.79 Å². The van der Waals surface area contributed by atoms with Gasteiger partial charge in [-0.05, 0) is 36.2 Å². The van der Waals surface area contributed by atoms with E-state index in [4.69, 9.17) is 14.1 Å². The maximum Gasteiger partial charge on any atom is 0.251 e. The summed E-state index contributed by atoms with van der Waals surface area (Å²) in [6.45, 7) is 5.65. The summed E-state index contributed by atoms with van der Waals surface area (Å²) in [6, 6.07) is 13.3. The van der Waals surface area contributed by atoms with Gasteiger partial charge < -0.3 is 19.4 Å². The molecule has 0 atom stereocenters. The number of aromatic nitrogens is 2. The number of amides is 1. The Bertz CT molecular complexity index is 987. The maximum atomic E-state index is 12.3. The fraction of sp³-hybridized carbons (Fsp3) is 0.348. The summed E-state index contributed by atoms with van der Waals surface area (Å²) in [5.41, 5.74) is 2.78. The number of ether oxygens (including phenoxy) is 1. The Labute approximate surface area is 186 Å². The summed E-state index contributed by atoms with van der Waals surface area (Å²) < 4.78 is 10.7. The molecule has 4 rings (SSSR count). The molecule has 1 aliphatic rings. The molecule has 1 saturated heterocycles. The van der Waals surface area contributed by atoms with Gasteiger partial charge in [-0.15, -0.1) is 0 Å². The molecular formula is C23H26N4O3S. The first-order valence-corrected chi connectivity index (χ1v) is 11.4. The van der Waals surface area contributed by atoms with Crippen LogP contribution >= 0.6 is 11.8 Å². The smallest absolute Gasteiger partial charge is 0.251 e. The summed E-state index contributed by atoms with van der Waals surface area (Å²) in [6.07, 6.45) is 2.47. The van der Waals surface area contributed by atoms with Crippen LogP contribution in [-0.4, -0.2) is 42.2 Å². The number of carbonyl (C=O) groups is 1. The Hall–Kier alpha value is -2.84. The molecule has 0 spiro atoms. The number of aryl methyl sites for hydroxylation is 1. The molecule has 3 heterocycles. The number of furan rings is 1. The predicted molar refractivity (Wildman–Crippen MR) is 120 cm³/mol. The quantitative estimate of drug-likeness (QED) is 0.424. The zero-order chi connectivity index (χ0) is 21.5. The van der Waals surface area contributed by atoms with Crippen molar-refractivity contribution in [2.75, 3.05) is 31.2 Å². The van der Waals surface area contributed by atoms with Crippen LogP contribution in [0.1, 0.15) is 34.3 Å². The number of nitrogens with zero attached hydrogens (tertiary/aromatic N) is 3. The Balaban J connectivity index is 1.35. The topological polar surface area (TPSA) is 80.5 Å². The fourth-order valence-electron chi connectivity index (χ4n) is 3.24. The molecule has 0 radical (unpaired) electrons. The van der Waals surface area contributed by atoms with Crippen molar-refractivity contribution in [2.24, 2.45) is 0 Å². The summed E-state index contributed by atoms with van der Waals surface area (Å²) in [7, 11) is 0. The zero-order valence-electron chi connectivity index (χ0n) is 17.5. The van der Waals surface area contributed by atoms with Crippen LogP contribution in [0.3, 0.4) is 0 Å². The Morgan fingerprint density at radius 1 is 1.16 bits per heavy atom. The van der Waals surface area contributed by atoms with E-state index in [1.54, 1.807) is 24.1 Å². The summed E-state index contributed by atoms with van der Waals surface area (Å²) in [5.74, 6) is 2.32. The van der Waals surface area contributed by atoms with Gasteiger partial charge in [0, 0.05) is 36.2 Å². The van der Waals surface area contributed by atoms with Crippen LogP contribution in [0, 0.1) is 0 Å². The van der Waals surface area contributed by atoms with E-state index >= 15 is 0 Å². The minimum absolute atomic E-state index is 0.121. The van der Waals surface area contributed by atoms with Crippen LogP contribution in [0.2, 0.25) is 0 Å². The lowest BCUT2D eigenvalue weighted by Crippen LogP contribution is -2.37. The molecule has 162 valence electrons. The van der Waals surface area contributed by atoms with E-state index in [9.17, 15) is 4.79 Å². The highest BCUT2D eigenvalue weighted by Crippen LogP contribution is 2.24. The number of rotatable bonds is 8. The first kappa shape index (κ1) is 21.4. The van der Waals surface area contributed by atoms with Crippen molar-refractivity contribution in [3.63, 3.8) is 0 Å². The zero-order valence-corrected chi connectivity index (χ0v) is 18.4. The molecular weight excluding hydrogens is 412 g/mol. The van der Waals surface area contributed by atoms with E-state index in [-0.39, 0.29) is 5.91 Å². The van der Waals surface area contributed by atoms with Gasteiger partial charge in [0.2, 0.25) is 0 Å². The van der Waals surface area contributed by atoms with Crippen molar-refractivity contribution < 1.29 is 13.9 Å². The molecule has 31 heavy (non-hydrogen) atoms. The van der Waals surface area contributed by atoms with Gasteiger partial charge in [0.05, 0.1) is 26.0 Å². The van der Waals surface area contributed by atoms with E-state index in [0.29, 0.717) is 12.1 Å². The van der Waals surface area contributed by atoms with Crippen molar-refractivity contribution in [3.8, 4) is 0 Å². The molecule has 1 amide bonds. The van der Waals surface area contributed by atoms with Gasteiger partial charge >= 0.3 is 0 Å². The summed E-state index contributed by atoms with van der Waals surface area (Å²) in [4.78, 5) is 24.0. The summed E-state index contributed by atoms with van der Waals surface area (Å²) >= 11 is 1.61. The number of nitrogens with one attached hydrogen (secondary N) is 1. The van der Waals surface area contributed by atoms with Crippen molar-refractivity contribution in [1.82, 2.24) is 15.3 Å². The SMILES string of the molecule is CCc1cc(N2CCOCC2)nc(SCc2ccc(C(=O)NCc3ccco3)cc2)n1. The lowest BCUT2D eigenvalue weighted by molar-refractivity contribution is 0.0948. The minimum atomic E-state index is -0.121. The molecule has 1 N–H and O–H groups in total. The molecule has 1 fully saturated rings. The number of thioether (sulfide) groups is 1. The molecule has 0 bridgehead atoms. The molecule has 0 unspecified atom stereocenters. The van der Waals surface area contributed by atoms with E-state index < -0.39 is 0 Å². The van der Waals surface area contributed by atoms with Gasteiger partial charge in [-0.1, -0.05) is 30.8 Å². The number of benzene rings is 1. The lowest BCUT2D eigenvalue weighted by atomic mass is 10.1. The lowest BCUT2D eigenvalue weighted by Gasteiger charge is -2.28. The Kier molecular flexibility index (Phi) is 7.22. The van der Waals surface area contributed by atoms with Gasteiger partial charge in [-0.25, -0.2) is 9.97 Å². The average Bonchev–Trinajstić information content (AvgIpc) is 3.35. The molecule has 0 saturated carbocycles. The number of morpholine rings is 1. The van der Waals surface area contributed by atoms with E-state index in [1.807, 2.05) is 30.3 Å². The van der Waals surface area contributed by atoms with E-state index in [1.165, 1.54) is 0 Å². The molecule has 8 heteroatoms. The van der Waals surface area contributed by atoms with Crippen LogP contribution in [0.15, 0.2) is 58.3 Å². The maximum absolute atomic E-state index is 12.3. The third-order valence-corrected chi connectivity index (χ3v) is 5.95. The summed E-state index contributed by atoms with van der Waals surface area (Å²) in [5, 5.41) is 3.64. The highest BCUT2D eigenvalue weighted by Gasteiger charge is 2.15. The van der Waals surface area contributed by atoms with E-state index in [2.05, 4.69) is 28.2 Å². The van der Waals surface area contributed by atoms with Gasteiger partial charge in [-0.2, -0.15) is 0 Å². The fourth-order valence-corrected chi connectivity index (χ4v) is 4.07. The van der Waals surface area contributed by atoms with Crippen LogP contribution in [0.25, 0.3) is 0 Å². The first-order valence-electron chi connectivity index (χ1n) is 10.4. The van der Waals surface area contributed by atoms with Gasteiger partial charge in [0.25, 0.3) is 5.91 Å². The first-order chi connectivity index (χ1) is 15.2. The Morgan fingerprint density at radius 2 is 1.97 bits per heavy atom. The monoisotopic (exact) mass is 438 g/mol. The average molecular weight is 439 g/mol. The molecule has 0 aliphatic carbocycles. The third kappa shape index (κ3) is 5.86. The highest BCUT2D eigenvalue weighted by molar-refractivity contribution is 7.98. The predicted octanol–water partition coefficient (Wildman–Crippen LogP) is 3.69. The molecule has 7 nitrogen and oxygen atoms in total. The molecule has 1 aliphatic heterocycles. The number of hydrogen-bond donors (Lipinski definition) is 1. The third-order valence-electron chi connectivity index (χ3n) is 5.03. The molecule has 1 aromatic carbocycles. The van der Waals surface area contributed by atoms with Crippen molar-refractivity contribution in [2.45, 2.75) is 30.8 Å². The number of anilines is 1. The van der Waals surface area contributed by atoms with Crippen LogP contribution < -0.4 is 10.2 Å². The minimum Gasteiger partial charge on any atom is -0.467 e. The standard InChI is InChI=1S/C23H26N4O3S/c1-2-19-14-21(27-9-12-29-13-10-27)26-23(25-19)31-16-17-5-7-18(8-6-17)22(28)24-15-20-4-3-11-30-20/h3-8,11,14H,2,9-10,12-13,15-16H2,1H3,(H,24,28).